The molecule has 1 spiro atoms. The Hall–Kier alpha value is -1.01. The first-order valence-electron chi connectivity index (χ1n) is 8.34. The van der Waals surface area contributed by atoms with Crippen LogP contribution in [0.5, 0.6) is 0 Å². The highest BCUT2D eigenvalue weighted by Crippen LogP contribution is 2.56. The number of ether oxygens (including phenoxy) is 1. The minimum atomic E-state index is 0.0815. The highest BCUT2D eigenvalue weighted by atomic mass is 32.1. The van der Waals surface area contributed by atoms with E-state index in [1.54, 1.807) is 0 Å². The lowest BCUT2D eigenvalue weighted by Gasteiger charge is -2.56. The Labute approximate surface area is 136 Å². The Kier molecular flexibility index (Phi) is 4.50. The molecular formula is C16H25N3O2S. The van der Waals surface area contributed by atoms with Crippen molar-refractivity contribution in [3.63, 3.8) is 0 Å². The van der Waals surface area contributed by atoms with E-state index in [0.29, 0.717) is 17.0 Å². The van der Waals surface area contributed by atoms with Gasteiger partial charge in [-0.25, -0.2) is 0 Å². The van der Waals surface area contributed by atoms with E-state index in [1.807, 2.05) is 18.9 Å². The van der Waals surface area contributed by atoms with E-state index in [-0.39, 0.29) is 11.3 Å². The van der Waals surface area contributed by atoms with E-state index in [9.17, 15) is 4.79 Å². The van der Waals surface area contributed by atoms with Gasteiger partial charge in [-0.2, -0.15) is 0 Å². The summed E-state index contributed by atoms with van der Waals surface area (Å²) >= 11 is 1.22. The van der Waals surface area contributed by atoms with Gasteiger partial charge in [0.2, 0.25) is 0 Å². The van der Waals surface area contributed by atoms with Crippen LogP contribution in [0, 0.1) is 5.41 Å². The average molecular weight is 323 g/mol. The molecule has 2 aliphatic carbocycles. The Morgan fingerprint density at radius 3 is 2.77 bits per heavy atom. The molecule has 2 aliphatic rings. The zero-order valence-electron chi connectivity index (χ0n) is 13.7. The van der Waals surface area contributed by atoms with E-state index in [0.717, 1.165) is 25.1 Å². The van der Waals surface area contributed by atoms with Crippen molar-refractivity contribution in [2.45, 2.75) is 64.5 Å². The van der Waals surface area contributed by atoms with Gasteiger partial charge in [-0.15, -0.1) is 5.10 Å². The number of nitrogens with zero attached hydrogens (tertiary/aromatic N) is 3. The molecule has 6 heteroatoms. The third kappa shape index (κ3) is 2.36. The molecule has 122 valence electrons. The normalized spacial score (nSPS) is 26.1. The second kappa shape index (κ2) is 6.24. The molecular weight excluding hydrogens is 298 g/mol. The fourth-order valence-electron chi connectivity index (χ4n) is 4.30. The molecule has 1 aromatic heterocycles. The topological polar surface area (TPSA) is 55.3 Å². The monoisotopic (exact) mass is 323 g/mol. The molecule has 1 aromatic rings. The molecule has 2 atom stereocenters. The van der Waals surface area contributed by atoms with E-state index in [4.69, 9.17) is 4.74 Å². The molecule has 0 aliphatic heterocycles. The molecule has 0 N–H and O–H groups in total. The predicted molar refractivity (Wildman–Crippen MR) is 86.1 cm³/mol. The molecule has 1 amide bonds. The Balaban J connectivity index is 1.77. The van der Waals surface area contributed by atoms with Gasteiger partial charge in [0.1, 0.15) is 4.88 Å². The van der Waals surface area contributed by atoms with Crippen molar-refractivity contribution in [2.24, 2.45) is 5.41 Å². The lowest BCUT2D eigenvalue weighted by Crippen LogP contribution is -2.64. The highest BCUT2D eigenvalue weighted by Gasteiger charge is 2.59. The molecule has 0 saturated heterocycles. The zero-order valence-corrected chi connectivity index (χ0v) is 14.5. The van der Waals surface area contributed by atoms with Crippen molar-refractivity contribution in [1.29, 1.82) is 0 Å². The summed E-state index contributed by atoms with van der Waals surface area (Å²) in [4.78, 5) is 15.5. The third-order valence-corrected chi connectivity index (χ3v) is 6.27. The van der Waals surface area contributed by atoms with Crippen LogP contribution in [0.25, 0.3) is 0 Å². The fourth-order valence-corrected chi connectivity index (χ4v) is 5.03. The number of hydrogen-bond acceptors (Lipinski definition) is 5. The third-order valence-electron chi connectivity index (χ3n) is 5.52. The first-order valence-corrected chi connectivity index (χ1v) is 9.11. The lowest BCUT2D eigenvalue weighted by atomic mass is 9.60. The van der Waals surface area contributed by atoms with Gasteiger partial charge in [-0.05, 0) is 44.1 Å². The summed E-state index contributed by atoms with van der Waals surface area (Å²) in [5.74, 6) is 0.0815. The molecule has 1 heterocycles. The number of carbonyl (C=O) groups is 1. The molecule has 2 saturated carbocycles. The maximum atomic E-state index is 12.8. The maximum absolute atomic E-state index is 12.8. The van der Waals surface area contributed by atoms with E-state index in [1.165, 1.54) is 37.2 Å². The molecule has 22 heavy (non-hydrogen) atoms. The smallest absolute Gasteiger partial charge is 0.267 e. The molecule has 0 bridgehead atoms. The van der Waals surface area contributed by atoms with Crippen LogP contribution in [-0.2, 0) is 11.2 Å². The second-order valence-electron chi connectivity index (χ2n) is 6.45. The summed E-state index contributed by atoms with van der Waals surface area (Å²) in [7, 11) is 1.94. The lowest BCUT2D eigenvalue weighted by molar-refractivity contribution is -0.152. The second-order valence-corrected chi connectivity index (χ2v) is 7.21. The Morgan fingerprint density at radius 1 is 1.41 bits per heavy atom. The largest absolute Gasteiger partial charge is 0.378 e. The van der Waals surface area contributed by atoms with Crippen molar-refractivity contribution >= 4 is 17.4 Å². The standard InChI is InChI=1S/C16H25N3O2S/c1-4-11-14(22-18-17-11)15(20)19(3)12-10-13(21-5-2)16(12)8-6-7-9-16/h12-13H,4-10H2,1-3H3. The van der Waals surface area contributed by atoms with Crippen LogP contribution >= 0.6 is 11.5 Å². The van der Waals surface area contributed by atoms with Crippen LogP contribution < -0.4 is 0 Å². The summed E-state index contributed by atoms with van der Waals surface area (Å²) in [6, 6.07) is 0.297. The van der Waals surface area contributed by atoms with Crippen molar-refractivity contribution in [3.8, 4) is 0 Å². The minimum Gasteiger partial charge on any atom is -0.378 e. The summed E-state index contributed by atoms with van der Waals surface area (Å²) in [6.07, 6.45) is 6.91. The van der Waals surface area contributed by atoms with Gasteiger partial charge in [-0.3, -0.25) is 4.79 Å². The quantitative estimate of drug-likeness (QED) is 0.836. The Bertz CT molecular complexity index is 539. The van der Waals surface area contributed by atoms with Crippen LogP contribution in [0.3, 0.4) is 0 Å². The predicted octanol–water partition coefficient (Wildman–Crippen LogP) is 2.91. The van der Waals surface area contributed by atoms with Crippen LogP contribution in [0.2, 0.25) is 0 Å². The van der Waals surface area contributed by atoms with Crippen molar-refractivity contribution < 1.29 is 9.53 Å². The van der Waals surface area contributed by atoms with Gasteiger partial charge < -0.3 is 9.64 Å². The van der Waals surface area contributed by atoms with E-state index >= 15 is 0 Å². The number of carbonyl (C=O) groups excluding carboxylic acids is 1. The molecule has 5 nitrogen and oxygen atoms in total. The van der Waals surface area contributed by atoms with Crippen molar-refractivity contribution in [2.75, 3.05) is 13.7 Å². The number of hydrogen-bond donors (Lipinski definition) is 0. The van der Waals surface area contributed by atoms with Gasteiger partial charge in [-0.1, -0.05) is 24.3 Å². The summed E-state index contributed by atoms with van der Waals surface area (Å²) in [5.41, 5.74) is 1.01. The van der Waals surface area contributed by atoms with Crippen LogP contribution in [-0.4, -0.2) is 46.2 Å². The Morgan fingerprint density at radius 2 is 2.14 bits per heavy atom. The minimum absolute atomic E-state index is 0.0815. The first kappa shape index (κ1) is 15.9. The number of aryl methyl sites for hydroxylation is 1. The zero-order chi connectivity index (χ0) is 15.7. The molecule has 3 rings (SSSR count). The molecule has 0 aromatic carbocycles. The first-order chi connectivity index (χ1) is 10.6. The highest BCUT2D eigenvalue weighted by molar-refractivity contribution is 7.08. The van der Waals surface area contributed by atoms with Crippen LogP contribution in [0.1, 0.15) is 61.3 Å². The summed E-state index contributed by atoms with van der Waals surface area (Å²) in [5, 5.41) is 4.07. The van der Waals surface area contributed by atoms with Crippen molar-refractivity contribution in [1.82, 2.24) is 14.5 Å². The summed E-state index contributed by atoms with van der Waals surface area (Å²) < 4.78 is 9.90. The molecule has 2 unspecified atom stereocenters. The van der Waals surface area contributed by atoms with E-state index in [2.05, 4.69) is 16.5 Å². The van der Waals surface area contributed by atoms with Crippen LogP contribution in [0.4, 0.5) is 0 Å². The van der Waals surface area contributed by atoms with Crippen LogP contribution in [0.15, 0.2) is 0 Å². The number of aromatic nitrogens is 2. The average Bonchev–Trinajstić information content (AvgIpc) is 3.19. The fraction of sp³-hybridized carbons (Fsp3) is 0.812. The van der Waals surface area contributed by atoms with Gasteiger partial charge in [0.05, 0.1) is 11.8 Å². The number of amides is 1. The SMILES string of the molecule is CCOC1CC(N(C)C(=O)c2snnc2CC)C12CCCC2. The van der Waals surface area contributed by atoms with Crippen molar-refractivity contribution in [3.05, 3.63) is 10.6 Å². The molecule has 0 radical (unpaired) electrons. The maximum Gasteiger partial charge on any atom is 0.267 e. The number of rotatable bonds is 5. The van der Waals surface area contributed by atoms with Gasteiger partial charge in [0, 0.05) is 25.1 Å². The van der Waals surface area contributed by atoms with Gasteiger partial charge >= 0.3 is 0 Å². The van der Waals surface area contributed by atoms with Gasteiger partial charge in [0.25, 0.3) is 5.91 Å². The van der Waals surface area contributed by atoms with Gasteiger partial charge in [0.15, 0.2) is 0 Å². The van der Waals surface area contributed by atoms with E-state index < -0.39 is 0 Å². The molecule has 2 fully saturated rings. The summed E-state index contributed by atoms with van der Waals surface area (Å²) in [6.45, 7) is 4.83.